The van der Waals surface area contributed by atoms with E-state index in [-0.39, 0.29) is 0 Å². The highest BCUT2D eigenvalue weighted by molar-refractivity contribution is 5.32. The third-order valence-electron chi connectivity index (χ3n) is 3.58. The van der Waals surface area contributed by atoms with E-state index in [9.17, 15) is 0 Å². The summed E-state index contributed by atoms with van der Waals surface area (Å²) >= 11 is 0. The van der Waals surface area contributed by atoms with Crippen molar-refractivity contribution in [2.45, 2.75) is 19.3 Å². The molecule has 2 nitrogen and oxygen atoms in total. The van der Waals surface area contributed by atoms with Crippen LogP contribution < -0.4 is 10.1 Å². The minimum atomic E-state index is 0.479. The molecular formula is C18H23NO. The van der Waals surface area contributed by atoms with Gasteiger partial charge in [0.05, 0.1) is 7.11 Å². The van der Waals surface area contributed by atoms with Crippen LogP contribution in [-0.2, 0) is 6.42 Å². The molecule has 1 N–H and O–H groups in total. The highest BCUT2D eigenvalue weighted by Crippen LogP contribution is 2.23. The molecule has 106 valence electrons. The van der Waals surface area contributed by atoms with E-state index in [1.807, 2.05) is 13.1 Å². The van der Waals surface area contributed by atoms with Gasteiger partial charge in [-0.1, -0.05) is 42.0 Å². The van der Waals surface area contributed by atoms with Gasteiger partial charge < -0.3 is 10.1 Å². The van der Waals surface area contributed by atoms with Gasteiger partial charge in [-0.3, -0.25) is 0 Å². The van der Waals surface area contributed by atoms with E-state index in [0.29, 0.717) is 5.92 Å². The number of hydrogen-bond acceptors (Lipinski definition) is 2. The van der Waals surface area contributed by atoms with E-state index in [1.165, 1.54) is 16.7 Å². The van der Waals surface area contributed by atoms with E-state index in [2.05, 4.69) is 54.7 Å². The fourth-order valence-corrected chi connectivity index (χ4v) is 2.56. The molecule has 0 radical (unpaired) electrons. The van der Waals surface area contributed by atoms with E-state index in [0.717, 1.165) is 18.7 Å². The largest absolute Gasteiger partial charge is 0.497 e. The molecule has 0 aliphatic heterocycles. The highest BCUT2D eigenvalue weighted by atomic mass is 16.5. The van der Waals surface area contributed by atoms with E-state index < -0.39 is 0 Å². The van der Waals surface area contributed by atoms with Crippen LogP contribution in [0.15, 0.2) is 48.5 Å². The van der Waals surface area contributed by atoms with Gasteiger partial charge in [0.1, 0.15) is 5.75 Å². The minimum absolute atomic E-state index is 0.479. The Bertz CT molecular complexity index is 551. The zero-order chi connectivity index (χ0) is 14.4. The monoisotopic (exact) mass is 269 g/mol. The lowest BCUT2D eigenvalue weighted by Crippen LogP contribution is -2.19. The molecule has 0 aliphatic carbocycles. The standard InChI is InChI=1S/C18H23NO/c1-14-6-4-8-16(10-14)17(13-19-2)11-15-7-5-9-18(12-15)20-3/h4-10,12,17,19H,11,13H2,1-3H3. The van der Waals surface area contributed by atoms with Crippen molar-refractivity contribution < 1.29 is 4.74 Å². The molecule has 0 amide bonds. The molecule has 20 heavy (non-hydrogen) atoms. The predicted molar refractivity (Wildman–Crippen MR) is 84.5 cm³/mol. The summed E-state index contributed by atoms with van der Waals surface area (Å²) in [5, 5.41) is 3.30. The van der Waals surface area contributed by atoms with Crippen molar-refractivity contribution in [3.8, 4) is 5.75 Å². The van der Waals surface area contributed by atoms with Crippen LogP contribution in [-0.4, -0.2) is 20.7 Å². The first-order valence-corrected chi connectivity index (χ1v) is 7.07. The maximum Gasteiger partial charge on any atom is 0.119 e. The first kappa shape index (κ1) is 14.6. The smallest absolute Gasteiger partial charge is 0.119 e. The molecule has 0 heterocycles. The lowest BCUT2D eigenvalue weighted by atomic mass is 9.91. The summed E-state index contributed by atoms with van der Waals surface area (Å²) in [6.45, 7) is 3.12. The normalized spacial score (nSPS) is 12.2. The van der Waals surface area contributed by atoms with Crippen LogP contribution >= 0.6 is 0 Å². The minimum Gasteiger partial charge on any atom is -0.497 e. The zero-order valence-corrected chi connectivity index (χ0v) is 12.5. The maximum absolute atomic E-state index is 5.31. The Hall–Kier alpha value is -1.80. The van der Waals surface area contributed by atoms with Crippen molar-refractivity contribution in [3.63, 3.8) is 0 Å². The molecular weight excluding hydrogens is 246 g/mol. The predicted octanol–water partition coefficient (Wildman–Crippen LogP) is 3.55. The Labute approximate surface area is 121 Å². The lowest BCUT2D eigenvalue weighted by molar-refractivity contribution is 0.414. The summed E-state index contributed by atoms with van der Waals surface area (Å²) in [4.78, 5) is 0. The molecule has 1 atom stereocenters. The molecule has 0 saturated carbocycles. The van der Waals surface area contributed by atoms with Gasteiger partial charge in [0.2, 0.25) is 0 Å². The summed E-state index contributed by atoms with van der Waals surface area (Å²) in [6.07, 6.45) is 1.02. The summed E-state index contributed by atoms with van der Waals surface area (Å²) in [5.74, 6) is 1.40. The summed E-state index contributed by atoms with van der Waals surface area (Å²) in [7, 11) is 3.72. The molecule has 0 spiro atoms. The molecule has 0 bridgehead atoms. The third-order valence-corrected chi connectivity index (χ3v) is 3.58. The second-order valence-corrected chi connectivity index (χ2v) is 5.22. The summed E-state index contributed by atoms with van der Waals surface area (Å²) in [5.41, 5.74) is 4.02. The van der Waals surface area contributed by atoms with Gasteiger partial charge in [-0.15, -0.1) is 0 Å². The van der Waals surface area contributed by atoms with Crippen LogP contribution in [0.1, 0.15) is 22.6 Å². The van der Waals surface area contributed by atoms with E-state index >= 15 is 0 Å². The Morgan fingerprint density at radius 1 is 1.10 bits per heavy atom. The van der Waals surface area contributed by atoms with Crippen LogP contribution in [0.5, 0.6) is 5.75 Å². The number of likely N-dealkylation sites (N-methyl/N-ethyl adjacent to an activating group) is 1. The van der Waals surface area contributed by atoms with Crippen LogP contribution in [0.2, 0.25) is 0 Å². The van der Waals surface area contributed by atoms with Crippen molar-refractivity contribution in [2.24, 2.45) is 0 Å². The van der Waals surface area contributed by atoms with Crippen LogP contribution in [0.25, 0.3) is 0 Å². The Balaban J connectivity index is 2.20. The number of aryl methyl sites for hydroxylation is 1. The molecule has 2 aromatic carbocycles. The van der Waals surface area contributed by atoms with Crippen LogP contribution in [0, 0.1) is 6.92 Å². The molecule has 2 heteroatoms. The van der Waals surface area contributed by atoms with Crippen molar-refractivity contribution in [1.29, 1.82) is 0 Å². The first-order valence-electron chi connectivity index (χ1n) is 7.07. The van der Waals surface area contributed by atoms with Gasteiger partial charge in [-0.2, -0.15) is 0 Å². The third kappa shape index (κ3) is 3.84. The van der Waals surface area contributed by atoms with Gasteiger partial charge >= 0.3 is 0 Å². The molecule has 1 unspecified atom stereocenters. The van der Waals surface area contributed by atoms with Crippen molar-refractivity contribution >= 4 is 0 Å². The Morgan fingerprint density at radius 2 is 1.90 bits per heavy atom. The number of hydrogen-bond donors (Lipinski definition) is 1. The van der Waals surface area contributed by atoms with E-state index in [4.69, 9.17) is 4.74 Å². The molecule has 0 aromatic heterocycles. The topological polar surface area (TPSA) is 21.3 Å². The van der Waals surface area contributed by atoms with Gasteiger partial charge in [-0.25, -0.2) is 0 Å². The Kier molecular flexibility index (Phi) is 5.19. The Morgan fingerprint density at radius 3 is 2.60 bits per heavy atom. The van der Waals surface area contributed by atoms with Crippen molar-refractivity contribution in [1.82, 2.24) is 5.32 Å². The van der Waals surface area contributed by atoms with E-state index in [1.54, 1.807) is 7.11 Å². The molecule has 2 aromatic rings. The molecule has 0 fully saturated rings. The highest BCUT2D eigenvalue weighted by Gasteiger charge is 2.12. The van der Waals surface area contributed by atoms with Crippen LogP contribution in [0.3, 0.4) is 0 Å². The number of methoxy groups -OCH3 is 1. The van der Waals surface area contributed by atoms with Crippen LogP contribution in [0.4, 0.5) is 0 Å². The van der Waals surface area contributed by atoms with Gasteiger partial charge in [-0.05, 0) is 43.7 Å². The number of benzene rings is 2. The zero-order valence-electron chi connectivity index (χ0n) is 12.5. The fourth-order valence-electron chi connectivity index (χ4n) is 2.56. The summed E-state index contributed by atoms with van der Waals surface area (Å²) in [6, 6.07) is 17.1. The van der Waals surface area contributed by atoms with Crippen molar-refractivity contribution in [3.05, 3.63) is 65.2 Å². The maximum atomic E-state index is 5.31. The number of rotatable bonds is 6. The number of ether oxygens (including phenoxy) is 1. The average Bonchev–Trinajstić information content (AvgIpc) is 2.47. The lowest BCUT2D eigenvalue weighted by Gasteiger charge is -2.18. The van der Waals surface area contributed by atoms with Gasteiger partial charge in [0.25, 0.3) is 0 Å². The quantitative estimate of drug-likeness (QED) is 0.866. The average molecular weight is 269 g/mol. The fraction of sp³-hybridized carbons (Fsp3) is 0.333. The summed E-state index contributed by atoms with van der Waals surface area (Å²) < 4.78 is 5.31. The number of nitrogens with one attached hydrogen (secondary N) is 1. The molecule has 2 rings (SSSR count). The van der Waals surface area contributed by atoms with Gasteiger partial charge in [0.15, 0.2) is 0 Å². The van der Waals surface area contributed by atoms with Crippen molar-refractivity contribution in [2.75, 3.05) is 20.7 Å². The SMILES string of the molecule is CNCC(Cc1cccc(OC)c1)c1cccc(C)c1. The molecule has 0 aliphatic rings. The molecule has 0 saturated heterocycles. The second-order valence-electron chi connectivity index (χ2n) is 5.22. The second kappa shape index (κ2) is 7.11. The first-order chi connectivity index (χ1) is 9.72. The van der Waals surface area contributed by atoms with Gasteiger partial charge in [0, 0.05) is 12.5 Å².